The van der Waals surface area contributed by atoms with E-state index in [4.69, 9.17) is 9.26 Å². The molecule has 0 bridgehead atoms. The Morgan fingerprint density at radius 2 is 1.87 bits per heavy atom. The van der Waals surface area contributed by atoms with Crippen LogP contribution in [0.25, 0.3) is 11.4 Å². The van der Waals surface area contributed by atoms with Crippen LogP contribution < -0.4 is 4.74 Å². The normalized spacial score (nSPS) is 16.7. The summed E-state index contributed by atoms with van der Waals surface area (Å²) < 4.78 is 10.8. The maximum Gasteiger partial charge on any atom is 0.253 e. The molecule has 1 aromatic heterocycles. The van der Waals surface area contributed by atoms with Crippen molar-refractivity contribution in [2.24, 2.45) is 0 Å². The average Bonchev–Trinajstić information content (AvgIpc) is 3.29. The van der Waals surface area contributed by atoms with E-state index in [1.54, 1.807) is 19.2 Å². The molecule has 1 aliphatic rings. The van der Waals surface area contributed by atoms with E-state index < -0.39 is 0 Å². The molecule has 2 heterocycles. The first-order valence-electron chi connectivity index (χ1n) is 10.4. The molecular weight excluding hydrogens is 378 g/mol. The number of amides is 1. The van der Waals surface area contributed by atoms with Crippen LogP contribution >= 0.6 is 0 Å². The molecule has 1 atom stereocenters. The van der Waals surface area contributed by atoms with E-state index in [1.165, 1.54) is 5.56 Å². The summed E-state index contributed by atoms with van der Waals surface area (Å²) in [7, 11) is 1.61. The SMILES string of the molecule is COc1ccc(C(=O)N2CCC[C@H](c3nc(-c4ccc(C(C)C)cc4)no3)C2)cc1. The predicted octanol–water partition coefficient (Wildman–Crippen LogP) is 4.89. The van der Waals surface area contributed by atoms with E-state index >= 15 is 0 Å². The molecule has 4 rings (SSSR count). The summed E-state index contributed by atoms with van der Waals surface area (Å²) in [5.74, 6) is 2.49. The smallest absolute Gasteiger partial charge is 0.253 e. The highest BCUT2D eigenvalue weighted by molar-refractivity contribution is 5.94. The number of aromatic nitrogens is 2. The van der Waals surface area contributed by atoms with Gasteiger partial charge in [-0.25, -0.2) is 0 Å². The molecule has 1 saturated heterocycles. The summed E-state index contributed by atoms with van der Waals surface area (Å²) in [5.41, 5.74) is 2.88. The number of nitrogens with zero attached hydrogens (tertiary/aromatic N) is 3. The number of likely N-dealkylation sites (tertiary alicyclic amines) is 1. The molecular formula is C24H27N3O3. The van der Waals surface area contributed by atoms with E-state index in [2.05, 4.69) is 36.1 Å². The zero-order valence-corrected chi connectivity index (χ0v) is 17.7. The van der Waals surface area contributed by atoms with E-state index in [0.29, 0.717) is 29.7 Å². The lowest BCUT2D eigenvalue weighted by molar-refractivity contribution is 0.0695. The fraction of sp³-hybridized carbons (Fsp3) is 0.375. The first-order valence-corrected chi connectivity index (χ1v) is 10.4. The molecule has 6 nitrogen and oxygen atoms in total. The van der Waals surface area contributed by atoms with Gasteiger partial charge in [-0.1, -0.05) is 43.3 Å². The standard InChI is InChI=1S/C24H27N3O3/c1-16(2)17-6-8-18(9-7-17)22-25-23(30-26-22)20-5-4-14-27(15-20)24(28)19-10-12-21(29-3)13-11-19/h6-13,16,20H,4-5,14-15H2,1-3H3/t20-/m0/s1. The summed E-state index contributed by atoms with van der Waals surface area (Å²) >= 11 is 0. The predicted molar refractivity (Wildman–Crippen MR) is 115 cm³/mol. The number of piperidine rings is 1. The highest BCUT2D eigenvalue weighted by Gasteiger charge is 2.29. The summed E-state index contributed by atoms with van der Waals surface area (Å²) in [6, 6.07) is 15.5. The Labute approximate surface area is 176 Å². The van der Waals surface area contributed by atoms with Crippen molar-refractivity contribution in [3.8, 4) is 17.1 Å². The number of hydrogen-bond donors (Lipinski definition) is 0. The number of ether oxygens (including phenoxy) is 1. The molecule has 0 unspecified atom stereocenters. The maximum absolute atomic E-state index is 12.9. The average molecular weight is 405 g/mol. The van der Waals surface area contributed by atoms with Crippen molar-refractivity contribution in [1.82, 2.24) is 15.0 Å². The zero-order chi connectivity index (χ0) is 21.1. The molecule has 0 aliphatic carbocycles. The monoisotopic (exact) mass is 405 g/mol. The number of rotatable bonds is 5. The van der Waals surface area contributed by atoms with E-state index in [9.17, 15) is 4.79 Å². The van der Waals surface area contributed by atoms with Crippen LogP contribution in [0.15, 0.2) is 53.1 Å². The van der Waals surface area contributed by atoms with Gasteiger partial charge in [0, 0.05) is 24.2 Å². The third-order valence-corrected chi connectivity index (χ3v) is 5.67. The van der Waals surface area contributed by atoms with Crippen LogP contribution in [0.1, 0.15) is 60.3 Å². The van der Waals surface area contributed by atoms with Crippen LogP contribution in [-0.4, -0.2) is 41.1 Å². The third kappa shape index (κ3) is 4.22. The van der Waals surface area contributed by atoms with Gasteiger partial charge < -0.3 is 14.2 Å². The minimum atomic E-state index is 0.0198. The van der Waals surface area contributed by atoms with E-state index in [-0.39, 0.29) is 11.8 Å². The van der Waals surface area contributed by atoms with Gasteiger partial charge in [0.25, 0.3) is 5.91 Å². The van der Waals surface area contributed by atoms with Gasteiger partial charge in [0.15, 0.2) is 0 Å². The molecule has 0 N–H and O–H groups in total. The Balaban J connectivity index is 1.46. The number of hydrogen-bond acceptors (Lipinski definition) is 5. The van der Waals surface area contributed by atoms with Gasteiger partial charge in [-0.3, -0.25) is 4.79 Å². The first kappa shape index (κ1) is 20.1. The second-order valence-corrected chi connectivity index (χ2v) is 8.05. The van der Waals surface area contributed by atoms with Gasteiger partial charge >= 0.3 is 0 Å². The van der Waals surface area contributed by atoms with Crippen molar-refractivity contribution >= 4 is 5.91 Å². The quantitative estimate of drug-likeness (QED) is 0.605. The molecule has 6 heteroatoms. The summed E-state index contributed by atoms with van der Waals surface area (Å²) in [5, 5.41) is 4.18. The molecule has 1 amide bonds. The molecule has 3 aromatic rings. The lowest BCUT2D eigenvalue weighted by Gasteiger charge is -2.31. The fourth-order valence-corrected chi connectivity index (χ4v) is 3.81. The molecule has 1 fully saturated rings. The van der Waals surface area contributed by atoms with Gasteiger partial charge in [-0.15, -0.1) is 0 Å². The van der Waals surface area contributed by atoms with Gasteiger partial charge in [0.2, 0.25) is 11.7 Å². The summed E-state index contributed by atoms with van der Waals surface area (Å²) in [4.78, 5) is 19.4. The van der Waals surface area contributed by atoms with E-state index in [0.717, 1.165) is 30.7 Å². The third-order valence-electron chi connectivity index (χ3n) is 5.67. The van der Waals surface area contributed by atoms with Crippen LogP contribution in [-0.2, 0) is 0 Å². The Morgan fingerprint density at radius 1 is 1.13 bits per heavy atom. The van der Waals surface area contributed by atoms with Crippen molar-refractivity contribution in [2.75, 3.05) is 20.2 Å². The zero-order valence-electron chi connectivity index (χ0n) is 17.7. The van der Waals surface area contributed by atoms with Gasteiger partial charge in [-0.05, 0) is 48.6 Å². The van der Waals surface area contributed by atoms with Crippen molar-refractivity contribution in [3.63, 3.8) is 0 Å². The van der Waals surface area contributed by atoms with Crippen LogP contribution in [0.3, 0.4) is 0 Å². The topological polar surface area (TPSA) is 68.5 Å². The highest BCUT2D eigenvalue weighted by Crippen LogP contribution is 2.29. The van der Waals surface area contributed by atoms with Gasteiger partial charge in [0.1, 0.15) is 5.75 Å². The highest BCUT2D eigenvalue weighted by atomic mass is 16.5. The second-order valence-electron chi connectivity index (χ2n) is 8.05. The number of carbonyl (C=O) groups is 1. The lowest BCUT2D eigenvalue weighted by atomic mass is 9.97. The largest absolute Gasteiger partial charge is 0.497 e. The minimum Gasteiger partial charge on any atom is -0.497 e. The second kappa shape index (κ2) is 8.69. The lowest BCUT2D eigenvalue weighted by Crippen LogP contribution is -2.39. The molecule has 0 radical (unpaired) electrons. The van der Waals surface area contributed by atoms with E-state index in [1.807, 2.05) is 29.2 Å². The minimum absolute atomic E-state index is 0.0198. The fourth-order valence-electron chi connectivity index (χ4n) is 3.81. The van der Waals surface area contributed by atoms with Crippen molar-refractivity contribution in [1.29, 1.82) is 0 Å². The molecule has 156 valence electrons. The maximum atomic E-state index is 12.9. The van der Waals surface area contributed by atoms with Gasteiger partial charge in [0.05, 0.1) is 13.0 Å². The number of benzene rings is 2. The number of methoxy groups -OCH3 is 1. The molecule has 30 heavy (non-hydrogen) atoms. The first-order chi connectivity index (χ1) is 14.5. The van der Waals surface area contributed by atoms with Gasteiger partial charge in [-0.2, -0.15) is 4.98 Å². The molecule has 0 spiro atoms. The Hall–Kier alpha value is -3.15. The van der Waals surface area contributed by atoms with Crippen LogP contribution in [0.4, 0.5) is 0 Å². The summed E-state index contributed by atoms with van der Waals surface area (Å²) in [6.45, 7) is 5.66. The van der Waals surface area contributed by atoms with Crippen LogP contribution in [0.2, 0.25) is 0 Å². The van der Waals surface area contributed by atoms with Crippen LogP contribution in [0.5, 0.6) is 5.75 Å². The van der Waals surface area contributed by atoms with Crippen molar-refractivity contribution in [3.05, 3.63) is 65.5 Å². The van der Waals surface area contributed by atoms with Crippen LogP contribution in [0, 0.1) is 0 Å². The Bertz CT molecular complexity index is 993. The number of carbonyl (C=O) groups excluding carboxylic acids is 1. The Morgan fingerprint density at radius 3 is 2.53 bits per heavy atom. The summed E-state index contributed by atoms with van der Waals surface area (Å²) in [6.07, 6.45) is 1.84. The Kier molecular flexibility index (Phi) is 5.84. The van der Waals surface area contributed by atoms with Crippen molar-refractivity contribution < 1.29 is 14.1 Å². The molecule has 0 saturated carbocycles. The van der Waals surface area contributed by atoms with Crippen molar-refractivity contribution in [2.45, 2.75) is 38.5 Å². The molecule has 1 aliphatic heterocycles. The molecule has 2 aromatic carbocycles.